The Labute approximate surface area is 86.6 Å². The van der Waals surface area contributed by atoms with Gasteiger partial charge < -0.3 is 15.2 Å². The normalized spacial score (nSPS) is 21.4. The maximum absolute atomic E-state index is 12.0. The van der Waals surface area contributed by atoms with Gasteiger partial charge in [0.15, 0.2) is 6.10 Å². The first-order valence-corrected chi connectivity index (χ1v) is 4.99. The van der Waals surface area contributed by atoms with Crippen molar-refractivity contribution in [1.29, 1.82) is 0 Å². The van der Waals surface area contributed by atoms with Gasteiger partial charge in [0.1, 0.15) is 0 Å². The molecule has 0 aliphatic heterocycles. The molecule has 0 spiro atoms. The van der Waals surface area contributed by atoms with E-state index < -0.39 is 18.4 Å². The number of ether oxygens (including phenoxy) is 1. The third-order valence-electron chi connectivity index (χ3n) is 2.22. The van der Waals surface area contributed by atoms with E-state index >= 15 is 0 Å². The van der Waals surface area contributed by atoms with Crippen LogP contribution in [0.2, 0.25) is 0 Å². The lowest BCUT2D eigenvalue weighted by Crippen LogP contribution is -2.36. The van der Waals surface area contributed by atoms with E-state index in [-0.39, 0.29) is 13.2 Å². The third kappa shape index (κ3) is 5.34. The maximum atomic E-state index is 12.0. The monoisotopic (exact) mass is 227 g/mol. The van der Waals surface area contributed by atoms with Crippen LogP contribution in [-0.4, -0.2) is 42.7 Å². The van der Waals surface area contributed by atoms with Crippen LogP contribution in [0.4, 0.5) is 13.2 Å². The van der Waals surface area contributed by atoms with E-state index in [2.05, 4.69) is 10.1 Å². The summed E-state index contributed by atoms with van der Waals surface area (Å²) in [6.45, 7) is 0.927. The first-order chi connectivity index (χ1) is 6.89. The molecule has 1 aliphatic rings. The molecule has 90 valence electrons. The summed E-state index contributed by atoms with van der Waals surface area (Å²) in [6, 6.07) is 0.430. The summed E-state index contributed by atoms with van der Waals surface area (Å²) >= 11 is 0. The van der Waals surface area contributed by atoms with Gasteiger partial charge in [-0.25, -0.2) is 0 Å². The van der Waals surface area contributed by atoms with Crippen molar-refractivity contribution in [3.8, 4) is 0 Å². The zero-order valence-electron chi connectivity index (χ0n) is 8.55. The van der Waals surface area contributed by atoms with Crippen LogP contribution >= 0.6 is 0 Å². The van der Waals surface area contributed by atoms with E-state index in [0.29, 0.717) is 6.04 Å². The Morgan fingerprint density at radius 1 is 1.47 bits per heavy atom. The molecule has 1 aliphatic carbocycles. The Balaban J connectivity index is 2.06. The molecule has 2 unspecified atom stereocenters. The largest absolute Gasteiger partial charge is 0.414 e. The van der Waals surface area contributed by atoms with E-state index in [1.54, 1.807) is 0 Å². The van der Waals surface area contributed by atoms with Crippen molar-refractivity contribution < 1.29 is 23.0 Å². The van der Waals surface area contributed by atoms with Crippen LogP contribution in [0.5, 0.6) is 0 Å². The van der Waals surface area contributed by atoms with Crippen molar-refractivity contribution >= 4 is 0 Å². The molecule has 1 fully saturated rings. The first kappa shape index (κ1) is 12.7. The van der Waals surface area contributed by atoms with Crippen LogP contribution in [0.1, 0.15) is 19.8 Å². The molecule has 0 aromatic heterocycles. The average molecular weight is 227 g/mol. The second-order valence-corrected chi connectivity index (χ2v) is 3.85. The summed E-state index contributed by atoms with van der Waals surface area (Å²) in [6.07, 6.45) is -4.91. The number of halogens is 3. The predicted octanol–water partition coefficient (Wildman–Crippen LogP) is 1.07. The molecule has 1 saturated carbocycles. The molecule has 0 heterocycles. The summed E-state index contributed by atoms with van der Waals surface area (Å²) in [5.41, 5.74) is 0. The number of rotatable bonds is 6. The maximum Gasteiger partial charge on any atom is 0.414 e. The summed E-state index contributed by atoms with van der Waals surface area (Å²) in [5, 5.41) is 12.3. The van der Waals surface area contributed by atoms with Crippen LogP contribution in [0.15, 0.2) is 0 Å². The Bertz CT molecular complexity index is 194. The summed E-state index contributed by atoms with van der Waals surface area (Å²) in [4.78, 5) is 0. The molecule has 1 rings (SSSR count). The highest BCUT2D eigenvalue weighted by molar-refractivity contribution is 4.81. The third-order valence-corrected chi connectivity index (χ3v) is 2.22. The molecular weight excluding hydrogens is 211 g/mol. The Morgan fingerprint density at radius 3 is 2.53 bits per heavy atom. The van der Waals surface area contributed by atoms with Crippen molar-refractivity contribution in [2.75, 3.05) is 13.2 Å². The molecule has 2 N–H and O–H groups in total. The van der Waals surface area contributed by atoms with E-state index in [1.165, 1.54) is 0 Å². The lowest BCUT2D eigenvalue weighted by atomic mass is 10.3. The van der Waals surface area contributed by atoms with E-state index in [1.807, 2.05) is 0 Å². The highest BCUT2D eigenvalue weighted by Gasteiger charge is 2.37. The molecule has 2 atom stereocenters. The van der Waals surface area contributed by atoms with Crippen LogP contribution in [0, 0.1) is 0 Å². The second kappa shape index (κ2) is 5.14. The van der Waals surface area contributed by atoms with Crippen LogP contribution in [0.3, 0.4) is 0 Å². The lowest BCUT2D eigenvalue weighted by Gasteiger charge is -2.18. The fourth-order valence-electron chi connectivity index (χ4n) is 0.999. The number of hydrogen-bond donors (Lipinski definition) is 2. The van der Waals surface area contributed by atoms with E-state index in [9.17, 15) is 18.3 Å². The number of alkyl halides is 3. The quantitative estimate of drug-likeness (QED) is 0.713. The van der Waals surface area contributed by atoms with Crippen molar-refractivity contribution in [3.63, 3.8) is 0 Å². The van der Waals surface area contributed by atoms with Gasteiger partial charge in [0, 0.05) is 12.6 Å². The Kier molecular flexibility index (Phi) is 4.36. The van der Waals surface area contributed by atoms with Crippen LogP contribution in [0.25, 0.3) is 0 Å². The van der Waals surface area contributed by atoms with Gasteiger partial charge in [0.05, 0.1) is 12.7 Å². The smallest absolute Gasteiger partial charge is 0.389 e. The summed E-state index contributed by atoms with van der Waals surface area (Å²) in [7, 11) is 0. The van der Waals surface area contributed by atoms with Gasteiger partial charge in [-0.2, -0.15) is 13.2 Å². The predicted molar refractivity (Wildman–Crippen MR) is 48.5 cm³/mol. The van der Waals surface area contributed by atoms with Crippen molar-refractivity contribution in [3.05, 3.63) is 0 Å². The highest BCUT2D eigenvalue weighted by atomic mass is 19.4. The molecule has 0 aromatic carbocycles. The van der Waals surface area contributed by atoms with Crippen molar-refractivity contribution in [1.82, 2.24) is 5.32 Å². The zero-order valence-corrected chi connectivity index (χ0v) is 8.55. The number of hydrogen-bond acceptors (Lipinski definition) is 3. The van der Waals surface area contributed by atoms with Gasteiger partial charge in [-0.3, -0.25) is 0 Å². The topological polar surface area (TPSA) is 41.5 Å². The van der Waals surface area contributed by atoms with E-state index in [4.69, 9.17) is 0 Å². The van der Waals surface area contributed by atoms with Crippen molar-refractivity contribution in [2.45, 2.75) is 44.2 Å². The lowest BCUT2D eigenvalue weighted by molar-refractivity contribution is -0.219. The SMILES string of the molecule is CC(OCC(O)CNC1CC1)C(F)(F)F. The Hall–Kier alpha value is -0.330. The fraction of sp³-hybridized carbons (Fsp3) is 1.00. The molecule has 15 heavy (non-hydrogen) atoms. The molecule has 0 amide bonds. The standard InChI is InChI=1S/C9H16F3NO2/c1-6(9(10,11)12)15-5-8(14)4-13-7-2-3-7/h6-8,13-14H,2-5H2,1H3. The van der Waals surface area contributed by atoms with Crippen LogP contribution < -0.4 is 5.32 Å². The van der Waals surface area contributed by atoms with E-state index in [0.717, 1.165) is 19.8 Å². The molecule has 6 heteroatoms. The first-order valence-electron chi connectivity index (χ1n) is 4.99. The molecule has 0 bridgehead atoms. The molecule has 3 nitrogen and oxygen atoms in total. The number of aliphatic hydroxyl groups is 1. The summed E-state index contributed by atoms with van der Waals surface area (Å²) in [5.74, 6) is 0. The average Bonchev–Trinajstić information content (AvgIpc) is 2.92. The van der Waals surface area contributed by atoms with Gasteiger partial charge >= 0.3 is 6.18 Å². The van der Waals surface area contributed by atoms with Gasteiger partial charge in [-0.1, -0.05) is 0 Å². The zero-order chi connectivity index (χ0) is 11.5. The number of nitrogens with one attached hydrogen (secondary N) is 1. The summed E-state index contributed by atoms with van der Waals surface area (Å²) < 4.78 is 40.5. The van der Waals surface area contributed by atoms with Crippen molar-refractivity contribution in [2.24, 2.45) is 0 Å². The van der Waals surface area contributed by atoms with Crippen LogP contribution in [-0.2, 0) is 4.74 Å². The minimum absolute atomic E-state index is 0.287. The van der Waals surface area contributed by atoms with Gasteiger partial charge in [0.2, 0.25) is 0 Å². The number of aliphatic hydroxyl groups excluding tert-OH is 1. The molecular formula is C9H16F3NO2. The molecule has 0 aromatic rings. The second-order valence-electron chi connectivity index (χ2n) is 3.85. The molecule has 0 radical (unpaired) electrons. The highest BCUT2D eigenvalue weighted by Crippen LogP contribution is 2.22. The minimum Gasteiger partial charge on any atom is -0.389 e. The Morgan fingerprint density at radius 2 is 2.07 bits per heavy atom. The molecule has 0 saturated heterocycles. The van der Waals surface area contributed by atoms with Gasteiger partial charge in [-0.15, -0.1) is 0 Å². The fourth-order valence-corrected chi connectivity index (χ4v) is 0.999. The van der Waals surface area contributed by atoms with Gasteiger partial charge in [0.25, 0.3) is 0 Å². The van der Waals surface area contributed by atoms with Gasteiger partial charge in [-0.05, 0) is 19.8 Å². The minimum atomic E-state index is -4.36.